The summed E-state index contributed by atoms with van der Waals surface area (Å²) in [7, 11) is 1.64. The van der Waals surface area contributed by atoms with Gasteiger partial charge in [0.05, 0.1) is 19.0 Å². The van der Waals surface area contributed by atoms with Gasteiger partial charge in [0.15, 0.2) is 0 Å². The summed E-state index contributed by atoms with van der Waals surface area (Å²) < 4.78 is 5.24. The van der Waals surface area contributed by atoms with Crippen LogP contribution in [0.4, 0.5) is 0 Å². The van der Waals surface area contributed by atoms with Crippen molar-refractivity contribution in [1.82, 2.24) is 9.97 Å². The fraction of sp³-hybridized carbons (Fsp3) is 0.167. The summed E-state index contributed by atoms with van der Waals surface area (Å²) in [6, 6.07) is 15.5. The second-order valence-electron chi connectivity index (χ2n) is 5.09. The molecule has 3 rings (SSSR count). The highest BCUT2D eigenvalue weighted by Crippen LogP contribution is 2.26. The van der Waals surface area contributed by atoms with E-state index in [9.17, 15) is 5.11 Å². The monoisotopic (exact) mass is 326 g/mol. The van der Waals surface area contributed by atoms with E-state index in [0.29, 0.717) is 5.82 Å². The van der Waals surface area contributed by atoms with Gasteiger partial charge in [0.25, 0.3) is 0 Å². The van der Waals surface area contributed by atoms with E-state index >= 15 is 0 Å². The molecule has 118 valence electrons. The Hall–Kier alpha value is -2.24. The Morgan fingerprint density at radius 1 is 1.17 bits per heavy atom. The lowest BCUT2D eigenvalue weighted by Crippen LogP contribution is -2.01. The zero-order chi connectivity index (χ0) is 16.2. The van der Waals surface area contributed by atoms with Gasteiger partial charge in [0.2, 0.25) is 0 Å². The summed E-state index contributed by atoms with van der Waals surface area (Å²) in [6.07, 6.45) is 2.98. The first-order valence-electron chi connectivity index (χ1n) is 7.22. The zero-order valence-electron chi connectivity index (χ0n) is 13.0. The first-order chi connectivity index (χ1) is 11.2. The van der Waals surface area contributed by atoms with Crippen molar-refractivity contribution in [3.8, 4) is 17.0 Å². The molecule has 2 N–H and O–H groups in total. The summed E-state index contributed by atoms with van der Waals surface area (Å²) in [4.78, 5) is 8.67. The lowest BCUT2D eigenvalue weighted by atomic mass is 10.1. The highest BCUT2D eigenvalue weighted by molar-refractivity contribution is 7.98. The number of methoxy groups -OCH3 is 1. The Balaban J connectivity index is 1.85. The van der Waals surface area contributed by atoms with Crippen LogP contribution in [0.2, 0.25) is 0 Å². The summed E-state index contributed by atoms with van der Waals surface area (Å²) >= 11 is 1.67. The van der Waals surface area contributed by atoms with Gasteiger partial charge in [-0.15, -0.1) is 11.8 Å². The van der Waals surface area contributed by atoms with Crippen LogP contribution in [0.1, 0.15) is 17.5 Å². The van der Waals surface area contributed by atoms with E-state index in [1.165, 1.54) is 0 Å². The van der Waals surface area contributed by atoms with Gasteiger partial charge in [-0.05, 0) is 36.1 Å². The fourth-order valence-electron chi connectivity index (χ4n) is 2.36. The molecule has 5 heteroatoms. The number of benzene rings is 2. The molecule has 3 aromatic rings. The molecule has 0 bridgehead atoms. The number of aliphatic hydroxyl groups is 1. The van der Waals surface area contributed by atoms with E-state index in [2.05, 4.69) is 9.97 Å². The van der Waals surface area contributed by atoms with Gasteiger partial charge >= 0.3 is 0 Å². The number of nitrogens with one attached hydrogen (secondary N) is 1. The van der Waals surface area contributed by atoms with E-state index < -0.39 is 6.10 Å². The topological polar surface area (TPSA) is 58.1 Å². The van der Waals surface area contributed by atoms with Crippen LogP contribution in [0.25, 0.3) is 11.3 Å². The second-order valence-corrected chi connectivity index (χ2v) is 5.97. The molecular formula is C18H18N2O2S. The molecule has 0 saturated heterocycles. The molecule has 4 nitrogen and oxygen atoms in total. The summed E-state index contributed by atoms with van der Waals surface area (Å²) in [6.45, 7) is 0. The van der Waals surface area contributed by atoms with E-state index in [0.717, 1.165) is 27.5 Å². The van der Waals surface area contributed by atoms with Crippen LogP contribution < -0.4 is 4.74 Å². The Kier molecular flexibility index (Phi) is 4.69. The van der Waals surface area contributed by atoms with Crippen molar-refractivity contribution in [3.05, 3.63) is 66.1 Å². The number of nitrogens with zero attached hydrogens (tertiary/aromatic N) is 1. The van der Waals surface area contributed by atoms with Gasteiger partial charge in [-0.2, -0.15) is 0 Å². The van der Waals surface area contributed by atoms with Gasteiger partial charge < -0.3 is 14.8 Å². The largest absolute Gasteiger partial charge is 0.497 e. The minimum Gasteiger partial charge on any atom is -0.497 e. The number of rotatable bonds is 5. The molecule has 2 aromatic carbocycles. The van der Waals surface area contributed by atoms with Crippen LogP contribution in [0.15, 0.2) is 59.6 Å². The molecule has 0 saturated carbocycles. The summed E-state index contributed by atoms with van der Waals surface area (Å²) in [5.74, 6) is 1.31. The van der Waals surface area contributed by atoms with Gasteiger partial charge in [-0.25, -0.2) is 4.98 Å². The van der Waals surface area contributed by atoms with Crippen LogP contribution in [-0.2, 0) is 0 Å². The average Bonchev–Trinajstić information content (AvgIpc) is 3.11. The molecule has 0 aliphatic rings. The van der Waals surface area contributed by atoms with Crippen molar-refractivity contribution in [1.29, 1.82) is 0 Å². The van der Waals surface area contributed by atoms with Crippen molar-refractivity contribution in [2.45, 2.75) is 11.0 Å². The van der Waals surface area contributed by atoms with Crippen LogP contribution >= 0.6 is 11.8 Å². The molecule has 0 spiro atoms. The molecule has 1 atom stereocenters. The zero-order valence-corrected chi connectivity index (χ0v) is 13.8. The van der Waals surface area contributed by atoms with E-state index in [-0.39, 0.29) is 0 Å². The molecule has 0 radical (unpaired) electrons. The van der Waals surface area contributed by atoms with Crippen molar-refractivity contribution in [3.63, 3.8) is 0 Å². The lowest BCUT2D eigenvalue weighted by molar-refractivity contribution is 0.211. The first kappa shape index (κ1) is 15.6. The number of imidazole rings is 1. The van der Waals surface area contributed by atoms with Crippen LogP contribution in [0.5, 0.6) is 5.75 Å². The Morgan fingerprint density at radius 2 is 1.96 bits per heavy atom. The maximum Gasteiger partial charge on any atom is 0.140 e. The highest BCUT2D eigenvalue weighted by Gasteiger charge is 2.15. The average molecular weight is 326 g/mol. The maximum absolute atomic E-state index is 10.5. The number of aliphatic hydroxyl groups excluding tert-OH is 1. The molecule has 23 heavy (non-hydrogen) atoms. The summed E-state index contributed by atoms with van der Waals surface area (Å²) in [5, 5.41) is 10.5. The third kappa shape index (κ3) is 3.41. The molecule has 1 unspecified atom stereocenters. The molecule has 1 aromatic heterocycles. The predicted molar refractivity (Wildman–Crippen MR) is 92.9 cm³/mol. The Labute approximate surface area is 139 Å². The van der Waals surface area contributed by atoms with Gasteiger partial charge in [-0.1, -0.05) is 24.3 Å². The van der Waals surface area contributed by atoms with Crippen molar-refractivity contribution < 1.29 is 9.84 Å². The quantitative estimate of drug-likeness (QED) is 0.698. The van der Waals surface area contributed by atoms with E-state index in [1.807, 2.05) is 54.8 Å². The maximum atomic E-state index is 10.5. The molecule has 0 fully saturated rings. The predicted octanol–water partition coefficient (Wildman–Crippen LogP) is 3.89. The number of hydrogen-bond acceptors (Lipinski definition) is 4. The Morgan fingerprint density at radius 3 is 2.65 bits per heavy atom. The number of aromatic nitrogens is 2. The minimum absolute atomic E-state index is 0.528. The van der Waals surface area contributed by atoms with E-state index in [1.54, 1.807) is 25.1 Å². The smallest absolute Gasteiger partial charge is 0.140 e. The second kappa shape index (κ2) is 6.89. The normalized spacial score (nSPS) is 12.1. The minimum atomic E-state index is -0.773. The Bertz CT molecular complexity index is 784. The highest BCUT2D eigenvalue weighted by atomic mass is 32.2. The van der Waals surface area contributed by atoms with Gasteiger partial charge in [0, 0.05) is 10.5 Å². The van der Waals surface area contributed by atoms with E-state index in [4.69, 9.17) is 4.74 Å². The van der Waals surface area contributed by atoms with Crippen LogP contribution in [-0.4, -0.2) is 28.4 Å². The SMILES string of the molecule is COc1cccc(-c2cnc(C(O)c3ccc(SC)cc3)[nH]2)c1. The number of hydrogen-bond donors (Lipinski definition) is 2. The number of H-pyrrole nitrogens is 1. The number of ether oxygens (including phenoxy) is 1. The third-order valence-corrected chi connectivity index (χ3v) is 4.41. The first-order valence-corrected chi connectivity index (χ1v) is 8.45. The van der Waals surface area contributed by atoms with Crippen molar-refractivity contribution in [2.24, 2.45) is 0 Å². The van der Waals surface area contributed by atoms with Crippen LogP contribution in [0, 0.1) is 0 Å². The molecular weight excluding hydrogens is 308 g/mol. The number of aromatic amines is 1. The summed E-state index contributed by atoms with van der Waals surface area (Å²) in [5.41, 5.74) is 2.63. The van der Waals surface area contributed by atoms with Crippen molar-refractivity contribution >= 4 is 11.8 Å². The number of thioether (sulfide) groups is 1. The lowest BCUT2D eigenvalue weighted by Gasteiger charge is -2.09. The van der Waals surface area contributed by atoms with Gasteiger partial charge in [-0.3, -0.25) is 0 Å². The van der Waals surface area contributed by atoms with Crippen LogP contribution in [0.3, 0.4) is 0 Å². The third-order valence-electron chi connectivity index (χ3n) is 3.67. The van der Waals surface area contributed by atoms with Gasteiger partial charge in [0.1, 0.15) is 17.7 Å². The standard InChI is InChI=1S/C18H18N2O2S/c1-22-14-5-3-4-13(10-14)16-11-19-18(20-16)17(21)12-6-8-15(23-2)9-7-12/h3-11,17,21H,1-2H3,(H,19,20). The molecule has 0 amide bonds. The van der Waals surface area contributed by atoms with Crippen molar-refractivity contribution in [2.75, 3.05) is 13.4 Å². The molecule has 1 heterocycles. The molecule has 0 aliphatic heterocycles. The fourth-order valence-corrected chi connectivity index (χ4v) is 2.77. The molecule has 0 aliphatic carbocycles.